The van der Waals surface area contributed by atoms with Crippen molar-refractivity contribution < 1.29 is 19.1 Å². The quantitative estimate of drug-likeness (QED) is 0.588. The second-order valence-corrected chi connectivity index (χ2v) is 5.58. The number of ether oxygens (including phenoxy) is 2. The van der Waals surface area contributed by atoms with Crippen molar-refractivity contribution in [2.24, 2.45) is 0 Å². The van der Waals surface area contributed by atoms with Crippen LogP contribution in [-0.4, -0.2) is 25.5 Å². The molecular weight excluding hydrogens is 370 g/mol. The van der Waals surface area contributed by atoms with Crippen LogP contribution >= 0.6 is 11.6 Å². The summed E-state index contributed by atoms with van der Waals surface area (Å²) in [5.41, 5.74) is 5.62. The fraction of sp³-hybridized carbons (Fsp3) is 0.105. The number of hydrogen-bond acceptors (Lipinski definition) is 5. The van der Waals surface area contributed by atoms with Crippen LogP contribution in [0.3, 0.4) is 0 Å². The number of rotatable bonds is 6. The van der Waals surface area contributed by atoms with Gasteiger partial charge in [0.2, 0.25) is 0 Å². The number of carbonyl (C=O) groups is 2. The normalized spacial score (nSPS) is 10.1. The molecule has 0 aliphatic rings. The van der Waals surface area contributed by atoms with Gasteiger partial charge in [0.1, 0.15) is 6.07 Å². The van der Waals surface area contributed by atoms with Crippen molar-refractivity contribution in [2.75, 3.05) is 13.7 Å². The number of hydrazine groups is 1. The van der Waals surface area contributed by atoms with E-state index in [-0.39, 0.29) is 6.61 Å². The van der Waals surface area contributed by atoms with Gasteiger partial charge in [-0.25, -0.2) is 0 Å². The van der Waals surface area contributed by atoms with Gasteiger partial charge in [-0.1, -0.05) is 17.7 Å². The van der Waals surface area contributed by atoms with Gasteiger partial charge in [0.25, 0.3) is 11.8 Å². The van der Waals surface area contributed by atoms with Crippen LogP contribution in [0.4, 0.5) is 0 Å². The molecule has 0 fully saturated rings. The van der Waals surface area contributed by atoms with E-state index in [0.717, 1.165) is 0 Å². The molecule has 2 N–H and O–H groups in total. The van der Waals surface area contributed by atoms with E-state index in [1.54, 1.807) is 48.5 Å². The summed E-state index contributed by atoms with van der Waals surface area (Å²) < 4.78 is 10.4. The van der Waals surface area contributed by atoms with E-state index in [9.17, 15) is 9.59 Å². The van der Waals surface area contributed by atoms with Gasteiger partial charge in [-0.3, -0.25) is 20.4 Å². The van der Waals surface area contributed by atoms with E-state index in [4.69, 9.17) is 26.3 Å². The number of nitriles is 1. The van der Waals surface area contributed by atoms with Crippen LogP contribution in [0, 0.1) is 11.3 Å². The second kappa shape index (κ2) is 9.85. The number of methoxy groups -OCH3 is 1. The molecule has 27 heavy (non-hydrogen) atoms. The predicted octanol–water partition coefficient (Wildman–Crippen LogP) is 2.73. The Kier molecular flexibility index (Phi) is 7.23. The van der Waals surface area contributed by atoms with Gasteiger partial charge in [-0.2, -0.15) is 5.26 Å². The largest absolute Gasteiger partial charge is 0.493 e. The Morgan fingerprint density at radius 3 is 2.56 bits per heavy atom. The fourth-order valence-electron chi connectivity index (χ4n) is 2.02. The maximum atomic E-state index is 11.9. The van der Waals surface area contributed by atoms with Gasteiger partial charge < -0.3 is 9.47 Å². The Hall–Kier alpha value is -3.50. The van der Waals surface area contributed by atoms with E-state index in [0.29, 0.717) is 27.6 Å². The molecule has 138 valence electrons. The van der Waals surface area contributed by atoms with Gasteiger partial charge in [-0.15, -0.1) is 0 Å². The topological polar surface area (TPSA) is 100 Å². The van der Waals surface area contributed by atoms with E-state index in [1.165, 1.54) is 13.2 Å². The highest BCUT2D eigenvalue weighted by Crippen LogP contribution is 2.28. The summed E-state index contributed by atoms with van der Waals surface area (Å²) in [6.45, 7) is -0.0960. The van der Waals surface area contributed by atoms with E-state index >= 15 is 0 Å². The van der Waals surface area contributed by atoms with Crippen LogP contribution in [-0.2, 0) is 4.79 Å². The fourth-order valence-corrected chi connectivity index (χ4v) is 2.15. The molecule has 0 aliphatic heterocycles. The van der Waals surface area contributed by atoms with Crippen LogP contribution in [0.25, 0.3) is 6.08 Å². The van der Waals surface area contributed by atoms with Crippen molar-refractivity contribution in [1.82, 2.24) is 10.9 Å². The minimum absolute atomic E-state index is 0.0960. The van der Waals surface area contributed by atoms with Crippen molar-refractivity contribution in [3.63, 3.8) is 0 Å². The summed E-state index contributed by atoms with van der Waals surface area (Å²) in [5.74, 6) is -0.116. The molecule has 0 aliphatic carbocycles. The standard InChI is InChI=1S/C19H16ClN3O4/c1-26-17-12-13(2-8-16(17)27-11-10-21)3-9-18(24)22-23-19(25)14-4-6-15(20)7-5-14/h2-9,12H,11H2,1H3,(H,22,24)(H,23,25). The molecule has 8 heteroatoms. The molecule has 0 saturated carbocycles. The first-order valence-corrected chi connectivity index (χ1v) is 8.13. The van der Waals surface area contributed by atoms with Crippen molar-refractivity contribution in [3.8, 4) is 17.6 Å². The lowest BCUT2D eigenvalue weighted by Crippen LogP contribution is -2.40. The van der Waals surface area contributed by atoms with Crippen LogP contribution in [0.1, 0.15) is 15.9 Å². The summed E-state index contributed by atoms with van der Waals surface area (Å²) in [6.07, 6.45) is 2.80. The molecule has 2 aromatic carbocycles. The predicted molar refractivity (Wildman–Crippen MR) is 100 cm³/mol. The first-order chi connectivity index (χ1) is 13.0. The van der Waals surface area contributed by atoms with Gasteiger partial charge in [0.15, 0.2) is 18.1 Å². The number of nitrogens with zero attached hydrogens (tertiary/aromatic N) is 1. The summed E-state index contributed by atoms with van der Waals surface area (Å²) in [4.78, 5) is 23.7. The highest BCUT2D eigenvalue weighted by atomic mass is 35.5. The number of hydrogen-bond donors (Lipinski definition) is 2. The third-order valence-electron chi connectivity index (χ3n) is 3.31. The van der Waals surface area contributed by atoms with Crippen molar-refractivity contribution in [1.29, 1.82) is 5.26 Å². The van der Waals surface area contributed by atoms with E-state index in [1.807, 2.05) is 6.07 Å². The number of benzene rings is 2. The molecule has 0 bridgehead atoms. The summed E-state index contributed by atoms with van der Waals surface area (Å²) >= 11 is 5.76. The molecule has 2 aromatic rings. The smallest absolute Gasteiger partial charge is 0.269 e. The highest BCUT2D eigenvalue weighted by molar-refractivity contribution is 6.30. The monoisotopic (exact) mass is 385 g/mol. The maximum Gasteiger partial charge on any atom is 0.269 e. The molecule has 0 heterocycles. The molecule has 0 saturated heterocycles. The summed E-state index contributed by atoms with van der Waals surface area (Å²) in [5, 5.41) is 9.07. The Balaban J connectivity index is 1.93. The van der Waals surface area contributed by atoms with Crippen molar-refractivity contribution >= 4 is 29.5 Å². The molecule has 2 rings (SSSR count). The molecule has 0 aromatic heterocycles. The molecule has 0 unspecified atom stereocenters. The summed E-state index contributed by atoms with van der Waals surface area (Å²) in [6, 6.07) is 13.1. The molecule has 0 radical (unpaired) electrons. The lowest BCUT2D eigenvalue weighted by atomic mass is 10.2. The van der Waals surface area contributed by atoms with Crippen molar-refractivity contribution in [3.05, 3.63) is 64.7 Å². The zero-order chi connectivity index (χ0) is 19.6. The molecule has 7 nitrogen and oxygen atoms in total. The Bertz CT molecular complexity index is 889. The van der Waals surface area contributed by atoms with Crippen LogP contribution in [0.2, 0.25) is 5.02 Å². The average molecular weight is 386 g/mol. The first-order valence-electron chi connectivity index (χ1n) is 7.75. The maximum absolute atomic E-state index is 11.9. The van der Waals surface area contributed by atoms with Crippen molar-refractivity contribution in [2.45, 2.75) is 0 Å². The van der Waals surface area contributed by atoms with Crippen LogP contribution < -0.4 is 20.3 Å². The molecular formula is C19H16ClN3O4. The van der Waals surface area contributed by atoms with E-state index < -0.39 is 11.8 Å². The first kappa shape index (κ1) is 19.8. The van der Waals surface area contributed by atoms with E-state index in [2.05, 4.69) is 10.9 Å². The van der Waals surface area contributed by atoms with Crippen LogP contribution in [0.15, 0.2) is 48.5 Å². The Morgan fingerprint density at radius 2 is 1.89 bits per heavy atom. The Morgan fingerprint density at radius 1 is 1.15 bits per heavy atom. The second-order valence-electron chi connectivity index (χ2n) is 5.14. The minimum Gasteiger partial charge on any atom is -0.493 e. The Labute approximate surface area is 161 Å². The minimum atomic E-state index is -0.513. The summed E-state index contributed by atoms with van der Waals surface area (Å²) in [7, 11) is 1.47. The zero-order valence-corrected chi connectivity index (χ0v) is 15.1. The third kappa shape index (κ3) is 6.06. The average Bonchev–Trinajstić information content (AvgIpc) is 2.69. The third-order valence-corrected chi connectivity index (χ3v) is 3.56. The lowest BCUT2D eigenvalue weighted by molar-refractivity contribution is -0.117. The molecule has 0 spiro atoms. The van der Waals surface area contributed by atoms with Crippen LogP contribution in [0.5, 0.6) is 11.5 Å². The van der Waals surface area contributed by atoms with Gasteiger partial charge in [0, 0.05) is 16.7 Å². The number of amides is 2. The SMILES string of the molecule is COc1cc(C=CC(=O)NNC(=O)c2ccc(Cl)cc2)ccc1OCC#N. The van der Waals surface area contributed by atoms with Gasteiger partial charge in [-0.05, 0) is 48.0 Å². The number of halogens is 1. The lowest BCUT2D eigenvalue weighted by Gasteiger charge is -2.09. The number of nitrogens with one attached hydrogen (secondary N) is 2. The highest BCUT2D eigenvalue weighted by Gasteiger charge is 2.07. The molecule has 2 amide bonds. The zero-order valence-electron chi connectivity index (χ0n) is 14.4. The van der Waals surface area contributed by atoms with Gasteiger partial charge in [0.05, 0.1) is 7.11 Å². The molecule has 0 atom stereocenters. The number of carbonyl (C=O) groups excluding carboxylic acids is 2. The van der Waals surface area contributed by atoms with Gasteiger partial charge >= 0.3 is 0 Å².